The monoisotopic (exact) mass is 474 g/mol. The largest absolute Gasteiger partial charge is 0.303 e. The maximum Gasteiger partial charge on any atom is 0.164 e. The van der Waals surface area contributed by atoms with Crippen LogP contribution in [-0.2, 0) is 5.41 Å². The molecule has 0 amide bonds. The number of rotatable bonds is 10. The number of carbonyl (C=O) groups is 2. The maximum absolute atomic E-state index is 12.9. The number of nitrogens with zero attached hydrogens (tertiary/aromatic N) is 2. The zero-order valence-electron chi connectivity index (χ0n) is 21.7. The Hall–Kier alpha value is -2.30. The first kappa shape index (κ1) is 25.8. The molecule has 2 aromatic rings. The van der Waals surface area contributed by atoms with Crippen LogP contribution in [0, 0.1) is 0 Å². The predicted molar refractivity (Wildman–Crippen MR) is 143 cm³/mol. The van der Waals surface area contributed by atoms with E-state index in [0.29, 0.717) is 12.8 Å². The fourth-order valence-corrected chi connectivity index (χ4v) is 5.49. The second-order valence-electron chi connectivity index (χ2n) is 10.9. The van der Waals surface area contributed by atoms with E-state index in [1.807, 2.05) is 24.3 Å². The van der Waals surface area contributed by atoms with Crippen LogP contribution in [0.3, 0.4) is 0 Å². The van der Waals surface area contributed by atoms with Crippen LogP contribution in [0.2, 0.25) is 0 Å². The molecule has 2 fully saturated rings. The highest BCUT2D eigenvalue weighted by Gasteiger charge is 2.25. The number of piperidine rings is 2. The molecule has 0 aromatic heterocycles. The first-order chi connectivity index (χ1) is 16.9. The van der Waals surface area contributed by atoms with Gasteiger partial charge in [0.15, 0.2) is 11.6 Å². The van der Waals surface area contributed by atoms with Gasteiger partial charge in [0.05, 0.1) is 0 Å². The fourth-order valence-electron chi connectivity index (χ4n) is 5.49. The van der Waals surface area contributed by atoms with Crippen molar-refractivity contribution < 1.29 is 9.59 Å². The van der Waals surface area contributed by atoms with Gasteiger partial charge in [0.2, 0.25) is 0 Å². The molecule has 0 N–H and O–H groups in total. The zero-order valence-corrected chi connectivity index (χ0v) is 21.7. The SMILES string of the molecule is CC(C)(c1ccc(C(=O)CCN2CCCCC2)cc1)c1cccc(C(=O)CCN2CCCCC2)c1. The minimum absolute atomic E-state index is 0.223. The number of likely N-dealkylation sites (tertiary alicyclic amines) is 2. The standard InChI is InChI=1S/C31H42N2O2/c1-31(2,27-14-12-25(13-15-27)29(34)16-22-32-18-5-3-6-19-32)28-11-9-10-26(24-28)30(35)17-23-33-20-7-4-8-21-33/h9-15,24H,3-8,16-23H2,1-2H3. The number of hydrogen-bond acceptors (Lipinski definition) is 4. The number of carbonyl (C=O) groups excluding carboxylic acids is 2. The molecule has 2 aliphatic heterocycles. The summed E-state index contributed by atoms with van der Waals surface area (Å²) in [6.45, 7) is 10.6. The second-order valence-corrected chi connectivity index (χ2v) is 10.9. The third kappa shape index (κ3) is 6.89. The van der Waals surface area contributed by atoms with Gasteiger partial charge in [-0.3, -0.25) is 9.59 Å². The lowest BCUT2D eigenvalue weighted by Gasteiger charge is -2.27. The summed E-state index contributed by atoms with van der Waals surface area (Å²) in [5.41, 5.74) is 3.63. The molecule has 2 heterocycles. The van der Waals surface area contributed by atoms with Crippen molar-refractivity contribution in [3.8, 4) is 0 Å². The molecule has 4 nitrogen and oxygen atoms in total. The van der Waals surface area contributed by atoms with Gasteiger partial charge in [0, 0.05) is 42.5 Å². The average Bonchev–Trinajstić information content (AvgIpc) is 2.91. The number of ketones is 2. The van der Waals surface area contributed by atoms with Gasteiger partial charge >= 0.3 is 0 Å². The number of hydrogen-bond donors (Lipinski definition) is 0. The highest BCUT2D eigenvalue weighted by Crippen LogP contribution is 2.32. The van der Waals surface area contributed by atoms with E-state index in [9.17, 15) is 9.59 Å². The lowest BCUT2D eigenvalue weighted by molar-refractivity contribution is 0.0950. The molecular weight excluding hydrogens is 432 g/mol. The van der Waals surface area contributed by atoms with Gasteiger partial charge in [-0.25, -0.2) is 0 Å². The van der Waals surface area contributed by atoms with Gasteiger partial charge in [0.1, 0.15) is 0 Å². The van der Waals surface area contributed by atoms with E-state index in [4.69, 9.17) is 0 Å². The Kier molecular flexibility index (Phi) is 8.91. The van der Waals surface area contributed by atoms with E-state index in [-0.39, 0.29) is 17.0 Å². The summed E-state index contributed by atoms with van der Waals surface area (Å²) >= 11 is 0. The molecule has 0 bridgehead atoms. The summed E-state index contributed by atoms with van der Waals surface area (Å²) in [5.74, 6) is 0.448. The molecule has 0 atom stereocenters. The summed E-state index contributed by atoms with van der Waals surface area (Å²) in [7, 11) is 0. The Labute approximate surface area is 211 Å². The smallest absolute Gasteiger partial charge is 0.164 e. The van der Waals surface area contributed by atoms with Crippen molar-refractivity contribution in [2.45, 2.75) is 70.6 Å². The van der Waals surface area contributed by atoms with Crippen LogP contribution >= 0.6 is 0 Å². The van der Waals surface area contributed by atoms with Gasteiger partial charge in [-0.2, -0.15) is 0 Å². The Balaban J connectivity index is 1.37. The molecule has 2 aromatic carbocycles. The molecule has 2 aliphatic rings. The van der Waals surface area contributed by atoms with E-state index in [0.717, 1.165) is 61.5 Å². The van der Waals surface area contributed by atoms with Crippen molar-refractivity contribution in [3.63, 3.8) is 0 Å². The maximum atomic E-state index is 12.9. The van der Waals surface area contributed by atoms with Crippen molar-refractivity contribution in [1.29, 1.82) is 0 Å². The Morgan fingerprint density at radius 3 is 1.71 bits per heavy atom. The lowest BCUT2D eigenvalue weighted by Crippen LogP contribution is -2.31. The molecule has 0 spiro atoms. The molecule has 0 radical (unpaired) electrons. The van der Waals surface area contributed by atoms with E-state index in [2.05, 4.69) is 47.9 Å². The van der Waals surface area contributed by atoms with E-state index in [1.54, 1.807) is 0 Å². The number of Topliss-reactive ketones (excluding diaryl/α,β-unsaturated/α-hetero) is 2. The van der Waals surface area contributed by atoms with Crippen molar-refractivity contribution in [2.75, 3.05) is 39.3 Å². The van der Waals surface area contributed by atoms with Gasteiger partial charge in [-0.1, -0.05) is 69.2 Å². The molecule has 0 unspecified atom stereocenters. The lowest BCUT2D eigenvalue weighted by atomic mass is 9.77. The predicted octanol–water partition coefficient (Wildman–Crippen LogP) is 6.13. The van der Waals surface area contributed by atoms with Gasteiger partial charge in [-0.05, 0) is 69.1 Å². The second kappa shape index (κ2) is 12.1. The first-order valence-electron chi connectivity index (χ1n) is 13.7. The minimum Gasteiger partial charge on any atom is -0.303 e. The molecule has 0 aliphatic carbocycles. The molecular formula is C31H42N2O2. The first-order valence-corrected chi connectivity index (χ1v) is 13.7. The molecule has 4 rings (SSSR count). The topological polar surface area (TPSA) is 40.6 Å². The fraction of sp³-hybridized carbons (Fsp3) is 0.548. The van der Waals surface area contributed by atoms with Crippen LogP contribution in [0.15, 0.2) is 48.5 Å². The summed E-state index contributed by atoms with van der Waals surface area (Å²) in [6.07, 6.45) is 8.81. The number of benzene rings is 2. The summed E-state index contributed by atoms with van der Waals surface area (Å²) in [6, 6.07) is 16.2. The third-order valence-electron chi connectivity index (χ3n) is 8.04. The van der Waals surface area contributed by atoms with Crippen LogP contribution < -0.4 is 0 Å². The minimum atomic E-state index is -0.251. The Bertz CT molecular complexity index is 983. The highest BCUT2D eigenvalue weighted by atomic mass is 16.1. The zero-order chi connectivity index (χ0) is 24.7. The van der Waals surface area contributed by atoms with Gasteiger partial charge in [-0.15, -0.1) is 0 Å². The van der Waals surface area contributed by atoms with Crippen molar-refractivity contribution in [2.24, 2.45) is 0 Å². The van der Waals surface area contributed by atoms with Gasteiger partial charge < -0.3 is 9.80 Å². The van der Waals surface area contributed by atoms with Crippen molar-refractivity contribution in [1.82, 2.24) is 9.80 Å². The molecule has 35 heavy (non-hydrogen) atoms. The van der Waals surface area contributed by atoms with Crippen molar-refractivity contribution in [3.05, 3.63) is 70.8 Å². The van der Waals surface area contributed by atoms with E-state index >= 15 is 0 Å². The quantitative estimate of drug-likeness (QED) is 0.388. The van der Waals surface area contributed by atoms with Crippen LogP contribution in [0.1, 0.15) is 97.1 Å². The van der Waals surface area contributed by atoms with Crippen molar-refractivity contribution >= 4 is 11.6 Å². The Morgan fingerprint density at radius 2 is 1.17 bits per heavy atom. The summed E-state index contributed by atoms with van der Waals surface area (Å²) in [4.78, 5) is 30.5. The molecule has 0 saturated carbocycles. The van der Waals surface area contributed by atoms with Crippen LogP contribution in [0.25, 0.3) is 0 Å². The Morgan fingerprint density at radius 1 is 0.657 bits per heavy atom. The van der Waals surface area contributed by atoms with Gasteiger partial charge in [0.25, 0.3) is 0 Å². The summed E-state index contributed by atoms with van der Waals surface area (Å²) < 4.78 is 0. The molecule has 188 valence electrons. The normalized spacial score (nSPS) is 17.9. The summed E-state index contributed by atoms with van der Waals surface area (Å²) in [5, 5.41) is 0. The highest BCUT2D eigenvalue weighted by molar-refractivity contribution is 5.97. The molecule has 2 saturated heterocycles. The van der Waals surface area contributed by atoms with Crippen LogP contribution in [-0.4, -0.2) is 60.6 Å². The van der Waals surface area contributed by atoms with E-state index in [1.165, 1.54) is 38.5 Å². The average molecular weight is 475 g/mol. The third-order valence-corrected chi connectivity index (χ3v) is 8.04. The van der Waals surface area contributed by atoms with E-state index < -0.39 is 0 Å². The molecule has 4 heteroatoms. The van der Waals surface area contributed by atoms with Crippen LogP contribution in [0.4, 0.5) is 0 Å². The van der Waals surface area contributed by atoms with Crippen LogP contribution in [0.5, 0.6) is 0 Å².